The van der Waals surface area contributed by atoms with E-state index < -0.39 is 0 Å². The van der Waals surface area contributed by atoms with E-state index >= 15 is 0 Å². The summed E-state index contributed by atoms with van der Waals surface area (Å²) in [5.41, 5.74) is 2.11. The predicted octanol–water partition coefficient (Wildman–Crippen LogP) is 2.49. The number of nitrogens with zero attached hydrogens (tertiary/aromatic N) is 2. The summed E-state index contributed by atoms with van der Waals surface area (Å²) in [4.78, 5) is 4.38. The monoisotopic (exact) mass is 267 g/mol. The fraction of sp³-hybridized carbons (Fsp3) is 0.600. The Morgan fingerprint density at radius 2 is 1.89 bits per heavy atom. The summed E-state index contributed by atoms with van der Waals surface area (Å²) in [5.74, 6) is -0.178. The van der Waals surface area contributed by atoms with Crippen molar-refractivity contribution in [1.82, 2.24) is 10.2 Å². The number of hydrogen-bond acceptors (Lipinski definition) is 3. The molecule has 0 aliphatic heterocycles. The predicted molar refractivity (Wildman–Crippen MR) is 80.3 cm³/mol. The third-order valence-electron chi connectivity index (χ3n) is 3.40. The molecule has 1 atom stereocenters. The number of nitrogens with one attached hydrogen (secondary N) is 1. The Hall–Kier alpha value is -1.13. The highest BCUT2D eigenvalue weighted by atomic mass is 19.1. The lowest BCUT2D eigenvalue weighted by Crippen LogP contribution is -2.25. The van der Waals surface area contributed by atoms with E-state index in [-0.39, 0.29) is 11.9 Å². The molecule has 108 valence electrons. The number of benzene rings is 1. The minimum Gasteiger partial charge on any atom is -0.374 e. The Labute approximate surface area is 116 Å². The SMILES string of the molecule is CNC(C)c1cc(F)ccc1N(C)CCCN(C)C. The van der Waals surface area contributed by atoms with Gasteiger partial charge in [0.05, 0.1) is 0 Å². The van der Waals surface area contributed by atoms with E-state index in [2.05, 4.69) is 36.3 Å². The van der Waals surface area contributed by atoms with Crippen molar-refractivity contribution in [3.8, 4) is 0 Å². The topological polar surface area (TPSA) is 18.5 Å². The normalized spacial score (nSPS) is 12.8. The average molecular weight is 267 g/mol. The number of hydrogen-bond donors (Lipinski definition) is 1. The number of anilines is 1. The van der Waals surface area contributed by atoms with E-state index in [9.17, 15) is 4.39 Å². The molecule has 4 heteroatoms. The maximum Gasteiger partial charge on any atom is 0.123 e. The first kappa shape index (κ1) is 15.9. The van der Waals surface area contributed by atoms with Crippen LogP contribution in [0.1, 0.15) is 24.9 Å². The van der Waals surface area contributed by atoms with Crippen LogP contribution in [0, 0.1) is 5.82 Å². The van der Waals surface area contributed by atoms with Crippen LogP contribution in [0.25, 0.3) is 0 Å². The first-order valence-corrected chi connectivity index (χ1v) is 6.78. The molecule has 19 heavy (non-hydrogen) atoms. The largest absolute Gasteiger partial charge is 0.374 e. The summed E-state index contributed by atoms with van der Waals surface area (Å²) in [6, 6.07) is 5.17. The van der Waals surface area contributed by atoms with Gasteiger partial charge in [0.15, 0.2) is 0 Å². The Morgan fingerprint density at radius 3 is 2.47 bits per heavy atom. The van der Waals surface area contributed by atoms with Crippen LogP contribution in [0.4, 0.5) is 10.1 Å². The molecule has 0 heterocycles. The number of halogens is 1. The maximum atomic E-state index is 13.4. The molecule has 0 aliphatic rings. The van der Waals surface area contributed by atoms with Gasteiger partial charge in [-0.25, -0.2) is 4.39 Å². The zero-order valence-corrected chi connectivity index (χ0v) is 12.7. The molecule has 1 rings (SSSR count). The lowest BCUT2D eigenvalue weighted by molar-refractivity contribution is 0.401. The smallest absolute Gasteiger partial charge is 0.123 e. The van der Waals surface area contributed by atoms with Gasteiger partial charge < -0.3 is 15.1 Å². The van der Waals surface area contributed by atoms with E-state index in [1.807, 2.05) is 20.0 Å². The van der Waals surface area contributed by atoms with Gasteiger partial charge >= 0.3 is 0 Å². The van der Waals surface area contributed by atoms with Crippen LogP contribution in [0.5, 0.6) is 0 Å². The van der Waals surface area contributed by atoms with Crippen molar-refractivity contribution in [3.05, 3.63) is 29.6 Å². The van der Waals surface area contributed by atoms with Crippen LogP contribution < -0.4 is 10.2 Å². The van der Waals surface area contributed by atoms with Crippen molar-refractivity contribution in [2.24, 2.45) is 0 Å². The van der Waals surface area contributed by atoms with E-state index in [0.29, 0.717) is 0 Å². The number of rotatable bonds is 7. The first-order chi connectivity index (χ1) is 8.95. The van der Waals surface area contributed by atoms with Crippen LogP contribution in [-0.4, -0.2) is 46.2 Å². The second kappa shape index (κ2) is 7.46. The zero-order chi connectivity index (χ0) is 14.4. The molecule has 0 amide bonds. The van der Waals surface area contributed by atoms with Gasteiger partial charge in [-0.05, 0) is 64.8 Å². The second-order valence-electron chi connectivity index (χ2n) is 5.29. The van der Waals surface area contributed by atoms with Crippen molar-refractivity contribution in [2.45, 2.75) is 19.4 Å². The van der Waals surface area contributed by atoms with Gasteiger partial charge in [-0.1, -0.05) is 0 Å². The molecule has 0 fully saturated rings. The van der Waals surface area contributed by atoms with Crippen LogP contribution in [0.2, 0.25) is 0 Å². The summed E-state index contributed by atoms with van der Waals surface area (Å²) >= 11 is 0. The summed E-state index contributed by atoms with van der Waals surface area (Å²) in [6.07, 6.45) is 1.09. The van der Waals surface area contributed by atoms with E-state index in [1.54, 1.807) is 6.07 Å². The molecule has 1 aromatic rings. The quantitative estimate of drug-likeness (QED) is 0.819. The minimum atomic E-state index is -0.178. The lowest BCUT2D eigenvalue weighted by Gasteiger charge is -2.25. The zero-order valence-electron chi connectivity index (χ0n) is 12.7. The lowest BCUT2D eigenvalue weighted by atomic mass is 10.0. The van der Waals surface area contributed by atoms with Gasteiger partial charge in [0.2, 0.25) is 0 Å². The minimum absolute atomic E-state index is 0.141. The standard InChI is InChI=1S/C15H26FN3/c1-12(17-2)14-11-13(16)7-8-15(14)19(5)10-6-9-18(3)4/h7-8,11-12,17H,6,9-10H2,1-5H3. The van der Waals surface area contributed by atoms with Crippen molar-refractivity contribution in [3.63, 3.8) is 0 Å². The average Bonchev–Trinajstić information content (AvgIpc) is 2.37. The summed E-state index contributed by atoms with van der Waals surface area (Å²) < 4.78 is 13.4. The van der Waals surface area contributed by atoms with Crippen LogP contribution >= 0.6 is 0 Å². The van der Waals surface area contributed by atoms with Crippen molar-refractivity contribution in [2.75, 3.05) is 46.2 Å². The molecular formula is C15H26FN3. The Morgan fingerprint density at radius 1 is 1.21 bits per heavy atom. The van der Waals surface area contributed by atoms with Gasteiger partial charge in [-0.3, -0.25) is 0 Å². The molecular weight excluding hydrogens is 241 g/mol. The van der Waals surface area contributed by atoms with Gasteiger partial charge in [0, 0.05) is 25.3 Å². The molecule has 0 radical (unpaired) electrons. The van der Waals surface area contributed by atoms with Crippen molar-refractivity contribution in [1.29, 1.82) is 0 Å². The molecule has 0 bridgehead atoms. The van der Waals surface area contributed by atoms with E-state index in [0.717, 1.165) is 30.8 Å². The fourth-order valence-electron chi connectivity index (χ4n) is 2.12. The van der Waals surface area contributed by atoms with Gasteiger partial charge in [0.25, 0.3) is 0 Å². The van der Waals surface area contributed by atoms with E-state index in [4.69, 9.17) is 0 Å². The van der Waals surface area contributed by atoms with Crippen LogP contribution in [0.15, 0.2) is 18.2 Å². The molecule has 1 N–H and O–H groups in total. The molecule has 0 saturated carbocycles. The first-order valence-electron chi connectivity index (χ1n) is 6.78. The summed E-state index contributed by atoms with van der Waals surface area (Å²) in [6.45, 7) is 4.07. The fourth-order valence-corrected chi connectivity index (χ4v) is 2.12. The highest BCUT2D eigenvalue weighted by molar-refractivity contribution is 5.54. The molecule has 0 saturated heterocycles. The summed E-state index contributed by atoms with van der Waals surface area (Å²) in [5, 5.41) is 3.18. The Balaban J connectivity index is 2.80. The molecule has 3 nitrogen and oxygen atoms in total. The van der Waals surface area contributed by atoms with Crippen LogP contribution in [-0.2, 0) is 0 Å². The third-order valence-corrected chi connectivity index (χ3v) is 3.40. The molecule has 1 aromatic carbocycles. The molecule has 0 aromatic heterocycles. The third kappa shape index (κ3) is 4.80. The summed E-state index contributed by atoms with van der Waals surface area (Å²) in [7, 11) is 8.11. The Kier molecular flexibility index (Phi) is 6.25. The molecule has 0 spiro atoms. The van der Waals surface area contributed by atoms with Gasteiger partial charge in [-0.15, -0.1) is 0 Å². The van der Waals surface area contributed by atoms with Gasteiger partial charge in [-0.2, -0.15) is 0 Å². The highest BCUT2D eigenvalue weighted by Crippen LogP contribution is 2.26. The molecule has 1 unspecified atom stereocenters. The van der Waals surface area contributed by atoms with Crippen molar-refractivity contribution < 1.29 is 4.39 Å². The second-order valence-corrected chi connectivity index (χ2v) is 5.29. The Bertz CT molecular complexity index is 393. The highest BCUT2D eigenvalue weighted by Gasteiger charge is 2.13. The van der Waals surface area contributed by atoms with Crippen LogP contribution in [0.3, 0.4) is 0 Å². The molecule has 0 aliphatic carbocycles. The maximum absolute atomic E-state index is 13.4. The van der Waals surface area contributed by atoms with E-state index in [1.165, 1.54) is 6.07 Å². The van der Waals surface area contributed by atoms with Gasteiger partial charge in [0.1, 0.15) is 5.82 Å². The van der Waals surface area contributed by atoms with Crippen molar-refractivity contribution >= 4 is 5.69 Å².